The van der Waals surface area contributed by atoms with Crippen molar-refractivity contribution in [2.24, 2.45) is 0 Å². The van der Waals surface area contributed by atoms with Crippen LogP contribution in [0.1, 0.15) is 20.3 Å². The average Bonchev–Trinajstić information content (AvgIpc) is 3.23. The zero-order valence-corrected chi connectivity index (χ0v) is 16.2. The number of hydrogen-bond donors (Lipinski definition) is 2. The second-order valence-corrected chi connectivity index (χ2v) is 9.73. The molecule has 4 rings (SSSR count). The maximum Gasteiger partial charge on any atom is 0.273 e. The van der Waals surface area contributed by atoms with E-state index in [1.54, 1.807) is 37.0 Å². The molecule has 2 N–H and O–H groups in total. The van der Waals surface area contributed by atoms with Gasteiger partial charge in [0.2, 0.25) is 10.0 Å². The zero-order valence-electron chi connectivity index (χ0n) is 15.4. The van der Waals surface area contributed by atoms with Gasteiger partial charge in [-0.3, -0.25) is 14.6 Å². The third-order valence-corrected chi connectivity index (χ3v) is 7.32. The molecule has 0 aromatic carbocycles. The molecule has 0 radical (unpaired) electrons. The van der Waals surface area contributed by atoms with E-state index in [0.29, 0.717) is 22.3 Å². The highest BCUT2D eigenvalue weighted by Gasteiger charge is 2.50. The molecule has 4 heterocycles. The summed E-state index contributed by atoms with van der Waals surface area (Å²) in [6.45, 7) is 3.50. The molecule has 1 aliphatic rings. The smallest absolute Gasteiger partial charge is 0.273 e. The van der Waals surface area contributed by atoms with E-state index in [1.165, 1.54) is 10.6 Å². The van der Waals surface area contributed by atoms with E-state index < -0.39 is 20.8 Å². The van der Waals surface area contributed by atoms with Crippen LogP contribution in [0.4, 0.5) is 0 Å². The maximum atomic E-state index is 12.6. The van der Waals surface area contributed by atoms with Crippen LogP contribution in [0.15, 0.2) is 29.6 Å². The molecule has 0 bridgehead atoms. The molecular formula is C17H19N7O3S. The van der Waals surface area contributed by atoms with E-state index in [1.807, 2.05) is 0 Å². The van der Waals surface area contributed by atoms with Gasteiger partial charge in [-0.1, -0.05) is 0 Å². The van der Waals surface area contributed by atoms with Crippen LogP contribution in [-0.2, 0) is 15.6 Å². The van der Waals surface area contributed by atoms with Crippen LogP contribution in [-0.4, -0.2) is 55.8 Å². The number of sulfonamides is 1. The molecule has 28 heavy (non-hydrogen) atoms. The molecule has 0 saturated carbocycles. The molecule has 3 aromatic heterocycles. The Morgan fingerprint density at radius 2 is 2.11 bits per heavy atom. The van der Waals surface area contributed by atoms with Crippen LogP contribution in [0.2, 0.25) is 0 Å². The van der Waals surface area contributed by atoms with E-state index >= 15 is 0 Å². The zero-order chi connectivity index (χ0) is 20.1. The summed E-state index contributed by atoms with van der Waals surface area (Å²) < 4.78 is 27.7. The SMILES string of the molecule is CC(C)S(=O)(=O)N1CC(CC#N)(n2cc(-c3ncnc4[nH]ccc34)c(=O)[nH]2)C1. The predicted molar refractivity (Wildman–Crippen MR) is 102 cm³/mol. The van der Waals surface area contributed by atoms with Gasteiger partial charge in [0.15, 0.2) is 0 Å². The number of aromatic amines is 2. The first-order valence-electron chi connectivity index (χ1n) is 8.75. The summed E-state index contributed by atoms with van der Waals surface area (Å²) >= 11 is 0. The molecule has 1 aliphatic heterocycles. The predicted octanol–water partition coefficient (Wildman–Crippen LogP) is 0.777. The lowest BCUT2D eigenvalue weighted by molar-refractivity contribution is 0.0707. The number of rotatable bonds is 5. The number of fused-ring (bicyclic) bond motifs is 1. The molecule has 11 heteroatoms. The fourth-order valence-corrected chi connectivity index (χ4v) is 4.92. The summed E-state index contributed by atoms with van der Waals surface area (Å²) in [4.78, 5) is 24.0. The lowest BCUT2D eigenvalue weighted by Crippen LogP contribution is -2.65. The molecule has 0 aliphatic carbocycles. The molecule has 0 unspecified atom stereocenters. The van der Waals surface area contributed by atoms with Crippen LogP contribution in [0.3, 0.4) is 0 Å². The van der Waals surface area contributed by atoms with Gasteiger partial charge >= 0.3 is 0 Å². The molecule has 3 aromatic rings. The van der Waals surface area contributed by atoms with Gasteiger partial charge in [0.1, 0.15) is 17.5 Å². The van der Waals surface area contributed by atoms with Crippen molar-refractivity contribution in [3.63, 3.8) is 0 Å². The Morgan fingerprint density at radius 1 is 1.36 bits per heavy atom. The van der Waals surface area contributed by atoms with Gasteiger partial charge in [-0.05, 0) is 19.9 Å². The highest BCUT2D eigenvalue weighted by atomic mass is 32.2. The van der Waals surface area contributed by atoms with Gasteiger partial charge in [-0.25, -0.2) is 18.4 Å². The molecular weight excluding hydrogens is 382 g/mol. The van der Waals surface area contributed by atoms with Gasteiger partial charge < -0.3 is 4.98 Å². The first-order valence-corrected chi connectivity index (χ1v) is 10.3. The van der Waals surface area contributed by atoms with Crippen molar-refractivity contribution in [3.05, 3.63) is 35.1 Å². The lowest BCUT2D eigenvalue weighted by Gasteiger charge is -2.48. The standard InChI is InChI=1S/C17H19N7O3S/c1-11(2)28(26,27)23-8-17(9-23,4-5-18)24-7-13(16(25)22-24)14-12-3-6-19-15(12)21-10-20-14/h3,6-7,10-11H,4,8-9H2,1-2H3,(H,22,25)(H,19,20,21). The highest BCUT2D eigenvalue weighted by Crippen LogP contribution is 2.35. The Hall–Kier alpha value is -2.97. The third kappa shape index (κ3) is 2.64. The van der Waals surface area contributed by atoms with Gasteiger partial charge in [-0.2, -0.15) is 9.57 Å². The Labute approximate surface area is 160 Å². The van der Waals surface area contributed by atoms with Crippen molar-refractivity contribution in [2.45, 2.75) is 31.1 Å². The second kappa shape index (κ2) is 6.29. The van der Waals surface area contributed by atoms with E-state index in [0.717, 1.165) is 0 Å². The van der Waals surface area contributed by atoms with E-state index in [9.17, 15) is 18.5 Å². The fraction of sp³-hybridized carbons (Fsp3) is 0.412. The Morgan fingerprint density at radius 3 is 2.79 bits per heavy atom. The number of nitriles is 1. The van der Waals surface area contributed by atoms with Crippen molar-refractivity contribution in [1.29, 1.82) is 5.26 Å². The summed E-state index contributed by atoms with van der Waals surface area (Å²) in [5.74, 6) is 0. The van der Waals surface area contributed by atoms with Crippen LogP contribution < -0.4 is 5.56 Å². The minimum absolute atomic E-state index is 0.0739. The molecule has 146 valence electrons. The number of aromatic nitrogens is 5. The van der Waals surface area contributed by atoms with Gasteiger partial charge in [0.25, 0.3) is 5.56 Å². The fourth-order valence-electron chi connectivity index (χ4n) is 3.49. The third-order valence-electron chi connectivity index (χ3n) is 5.15. The molecule has 1 saturated heterocycles. The Bertz CT molecular complexity index is 1240. The minimum atomic E-state index is -3.42. The van der Waals surface area contributed by atoms with E-state index in [4.69, 9.17) is 0 Å². The minimum Gasteiger partial charge on any atom is -0.346 e. The number of nitrogens with zero attached hydrogens (tertiary/aromatic N) is 5. The van der Waals surface area contributed by atoms with E-state index in [2.05, 4.69) is 26.1 Å². The molecule has 10 nitrogen and oxygen atoms in total. The summed E-state index contributed by atoms with van der Waals surface area (Å²) in [5.41, 5.74) is 0.266. The topological polar surface area (TPSA) is 141 Å². The van der Waals surface area contributed by atoms with Gasteiger partial charge in [0, 0.05) is 30.9 Å². The van der Waals surface area contributed by atoms with Gasteiger partial charge in [-0.15, -0.1) is 0 Å². The quantitative estimate of drug-likeness (QED) is 0.647. The monoisotopic (exact) mass is 401 g/mol. The summed E-state index contributed by atoms with van der Waals surface area (Å²) in [7, 11) is -3.42. The Kier molecular flexibility index (Phi) is 4.13. The van der Waals surface area contributed by atoms with Crippen molar-refractivity contribution < 1.29 is 8.42 Å². The van der Waals surface area contributed by atoms with Crippen molar-refractivity contribution in [2.75, 3.05) is 13.1 Å². The van der Waals surface area contributed by atoms with E-state index in [-0.39, 0.29) is 25.1 Å². The molecule has 0 atom stereocenters. The van der Waals surface area contributed by atoms with Crippen molar-refractivity contribution >= 4 is 21.1 Å². The molecule has 0 amide bonds. The average molecular weight is 401 g/mol. The normalized spacial score (nSPS) is 16.9. The first kappa shape index (κ1) is 18.4. The number of nitrogens with one attached hydrogen (secondary N) is 2. The van der Waals surface area contributed by atoms with Crippen molar-refractivity contribution in [1.82, 2.24) is 29.0 Å². The maximum absolute atomic E-state index is 12.6. The van der Waals surface area contributed by atoms with Crippen LogP contribution in [0.5, 0.6) is 0 Å². The van der Waals surface area contributed by atoms with Crippen LogP contribution in [0.25, 0.3) is 22.3 Å². The number of hydrogen-bond acceptors (Lipinski definition) is 6. The van der Waals surface area contributed by atoms with Gasteiger partial charge in [0.05, 0.1) is 29.0 Å². The number of H-pyrrole nitrogens is 2. The van der Waals surface area contributed by atoms with Crippen LogP contribution >= 0.6 is 0 Å². The summed E-state index contributed by atoms with van der Waals surface area (Å²) in [5, 5.41) is 12.2. The van der Waals surface area contributed by atoms with Crippen molar-refractivity contribution in [3.8, 4) is 17.3 Å². The lowest BCUT2D eigenvalue weighted by atomic mass is 9.89. The largest absolute Gasteiger partial charge is 0.346 e. The second-order valence-electron chi connectivity index (χ2n) is 7.24. The highest BCUT2D eigenvalue weighted by molar-refractivity contribution is 7.89. The molecule has 1 fully saturated rings. The summed E-state index contributed by atoms with van der Waals surface area (Å²) in [6.07, 6.45) is 4.76. The Balaban J connectivity index is 1.74. The first-order chi connectivity index (χ1) is 13.3. The van der Waals surface area contributed by atoms with Crippen LogP contribution in [0, 0.1) is 11.3 Å². The summed E-state index contributed by atoms with van der Waals surface area (Å²) in [6, 6.07) is 3.89. The molecule has 0 spiro atoms.